The van der Waals surface area contributed by atoms with Crippen molar-refractivity contribution in [3.05, 3.63) is 29.6 Å². The highest BCUT2D eigenvalue weighted by Crippen LogP contribution is 2.13. The van der Waals surface area contributed by atoms with Gasteiger partial charge in [-0.2, -0.15) is 0 Å². The number of nitrogens with one attached hydrogen (secondary N) is 1. The molecule has 0 spiro atoms. The normalized spacial score (nSPS) is 10.1. The molecule has 6 heteroatoms. The zero-order valence-corrected chi connectivity index (χ0v) is 11.1. The highest BCUT2D eigenvalue weighted by molar-refractivity contribution is 5.96. The number of halogens is 1. The Labute approximate surface area is 111 Å². The summed E-state index contributed by atoms with van der Waals surface area (Å²) in [4.78, 5) is 24.9. The molecular weight excluding hydrogens is 249 g/mol. The van der Waals surface area contributed by atoms with E-state index in [1.54, 1.807) is 13.8 Å². The maximum atomic E-state index is 13.3. The minimum Gasteiger partial charge on any atom is -0.396 e. The molecule has 0 saturated heterocycles. The number of benzene rings is 1. The quantitative estimate of drug-likeness (QED) is 0.782. The van der Waals surface area contributed by atoms with Gasteiger partial charge in [0.05, 0.1) is 12.2 Å². The molecule has 2 amide bonds. The zero-order chi connectivity index (χ0) is 14.4. The standard InChI is InChI=1S/C13H18FN3O2/c1-3-16-12(18)8-17(4-2)13(19)9-5-6-11(15)10(14)7-9/h5-7H,3-4,8,15H2,1-2H3,(H,16,18). The van der Waals surface area contributed by atoms with E-state index in [2.05, 4.69) is 5.32 Å². The molecule has 0 bridgehead atoms. The number of amides is 2. The Balaban J connectivity index is 2.83. The molecule has 0 aliphatic carbocycles. The summed E-state index contributed by atoms with van der Waals surface area (Å²) in [6, 6.07) is 3.86. The van der Waals surface area contributed by atoms with Crippen LogP contribution in [0.1, 0.15) is 24.2 Å². The molecule has 19 heavy (non-hydrogen) atoms. The first-order chi connectivity index (χ1) is 8.99. The topological polar surface area (TPSA) is 75.4 Å². The molecule has 0 saturated carbocycles. The van der Waals surface area contributed by atoms with Gasteiger partial charge in [-0.15, -0.1) is 0 Å². The number of rotatable bonds is 5. The monoisotopic (exact) mass is 267 g/mol. The second-order valence-electron chi connectivity index (χ2n) is 4.01. The van der Waals surface area contributed by atoms with Crippen molar-refractivity contribution < 1.29 is 14.0 Å². The fraction of sp³-hybridized carbons (Fsp3) is 0.385. The van der Waals surface area contributed by atoms with Gasteiger partial charge in [0.15, 0.2) is 0 Å². The summed E-state index contributed by atoms with van der Waals surface area (Å²) >= 11 is 0. The molecule has 0 fully saturated rings. The average Bonchev–Trinajstić information content (AvgIpc) is 2.38. The summed E-state index contributed by atoms with van der Waals surface area (Å²) in [6.45, 7) is 4.37. The van der Waals surface area contributed by atoms with Crippen LogP contribution in [0.5, 0.6) is 0 Å². The van der Waals surface area contributed by atoms with E-state index in [9.17, 15) is 14.0 Å². The molecule has 0 aromatic heterocycles. The average molecular weight is 267 g/mol. The van der Waals surface area contributed by atoms with Crippen molar-refractivity contribution in [2.75, 3.05) is 25.4 Å². The van der Waals surface area contributed by atoms with Gasteiger partial charge in [0, 0.05) is 18.7 Å². The van der Waals surface area contributed by atoms with Crippen molar-refractivity contribution in [1.29, 1.82) is 0 Å². The van der Waals surface area contributed by atoms with Gasteiger partial charge in [-0.1, -0.05) is 0 Å². The van der Waals surface area contributed by atoms with Crippen molar-refractivity contribution in [3.8, 4) is 0 Å². The predicted molar refractivity (Wildman–Crippen MR) is 71.1 cm³/mol. The summed E-state index contributed by atoms with van der Waals surface area (Å²) in [5, 5.41) is 2.61. The number of likely N-dealkylation sites (N-methyl/N-ethyl adjacent to an activating group) is 2. The van der Waals surface area contributed by atoms with Gasteiger partial charge in [-0.3, -0.25) is 9.59 Å². The highest BCUT2D eigenvalue weighted by Gasteiger charge is 2.17. The lowest BCUT2D eigenvalue weighted by Crippen LogP contribution is -2.40. The van der Waals surface area contributed by atoms with Crippen LogP contribution in [0.2, 0.25) is 0 Å². The minimum atomic E-state index is -0.639. The van der Waals surface area contributed by atoms with Crippen molar-refractivity contribution in [3.63, 3.8) is 0 Å². The number of nitrogens with zero attached hydrogens (tertiary/aromatic N) is 1. The molecule has 0 radical (unpaired) electrons. The van der Waals surface area contributed by atoms with Gasteiger partial charge in [-0.05, 0) is 32.0 Å². The van der Waals surface area contributed by atoms with Gasteiger partial charge >= 0.3 is 0 Å². The largest absolute Gasteiger partial charge is 0.396 e. The van der Waals surface area contributed by atoms with E-state index in [1.165, 1.54) is 17.0 Å². The summed E-state index contributed by atoms with van der Waals surface area (Å²) in [5.41, 5.74) is 5.52. The third-order valence-corrected chi connectivity index (χ3v) is 2.62. The van der Waals surface area contributed by atoms with Crippen LogP contribution in [0.4, 0.5) is 10.1 Å². The maximum absolute atomic E-state index is 13.3. The van der Waals surface area contributed by atoms with E-state index < -0.39 is 11.7 Å². The summed E-state index contributed by atoms with van der Waals surface area (Å²) in [7, 11) is 0. The zero-order valence-electron chi connectivity index (χ0n) is 11.1. The molecule has 0 unspecified atom stereocenters. The van der Waals surface area contributed by atoms with E-state index in [-0.39, 0.29) is 23.7 Å². The smallest absolute Gasteiger partial charge is 0.254 e. The van der Waals surface area contributed by atoms with Gasteiger partial charge in [0.2, 0.25) is 5.91 Å². The SMILES string of the molecule is CCNC(=O)CN(CC)C(=O)c1ccc(N)c(F)c1. The van der Waals surface area contributed by atoms with Crippen molar-refractivity contribution in [1.82, 2.24) is 10.2 Å². The predicted octanol–water partition coefficient (Wildman–Crippen LogP) is 1.01. The summed E-state index contributed by atoms with van der Waals surface area (Å²) in [6.07, 6.45) is 0. The molecular formula is C13H18FN3O2. The Morgan fingerprint density at radius 2 is 2.05 bits per heavy atom. The van der Waals surface area contributed by atoms with Crippen LogP contribution in [0.25, 0.3) is 0 Å². The molecule has 104 valence electrons. The Morgan fingerprint density at radius 1 is 1.37 bits per heavy atom. The highest BCUT2D eigenvalue weighted by atomic mass is 19.1. The van der Waals surface area contributed by atoms with Gasteiger partial charge < -0.3 is 16.0 Å². The minimum absolute atomic E-state index is 0.0108. The fourth-order valence-corrected chi connectivity index (χ4v) is 1.60. The Morgan fingerprint density at radius 3 is 2.58 bits per heavy atom. The number of hydrogen-bond donors (Lipinski definition) is 2. The van der Waals surface area contributed by atoms with Crippen LogP contribution in [-0.4, -0.2) is 36.3 Å². The van der Waals surface area contributed by atoms with Gasteiger partial charge in [0.25, 0.3) is 5.91 Å². The lowest BCUT2D eigenvalue weighted by Gasteiger charge is -2.20. The Kier molecular flexibility index (Phi) is 5.29. The summed E-state index contributed by atoms with van der Waals surface area (Å²) in [5.74, 6) is -1.28. The molecule has 1 rings (SSSR count). The Bertz CT molecular complexity index is 477. The van der Waals surface area contributed by atoms with Crippen LogP contribution in [0.15, 0.2) is 18.2 Å². The molecule has 1 aromatic carbocycles. The number of nitrogens with two attached hydrogens (primary N) is 1. The molecule has 3 N–H and O–H groups in total. The third kappa shape index (κ3) is 3.94. The van der Waals surface area contributed by atoms with E-state index >= 15 is 0 Å². The first-order valence-electron chi connectivity index (χ1n) is 6.10. The molecule has 0 aliphatic heterocycles. The van der Waals surface area contributed by atoms with Crippen LogP contribution < -0.4 is 11.1 Å². The van der Waals surface area contributed by atoms with Crippen LogP contribution in [-0.2, 0) is 4.79 Å². The summed E-state index contributed by atoms with van der Waals surface area (Å²) < 4.78 is 13.3. The first kappa shape index (κ1) is 14.9. The lowest BCUT2D eigenvalue weighted by atomic mass is 10.1. The number of carbonyl (C=O) groups excluding carboxylic acids is 2. The van der Waals surface area contributed by atoms with Gasteiger partial charge in [-0.25, -0.2) is 4.39 Å². The lowest BCUT2D eigenvalue weighted by molar-refractivity contribution is -0.121. The van der Waals surface area contributed by atoms with E-state index in [0.717, 1.165) is 6.07 Å². The second kappa shape index (κ2) is 6.72. The molecule has 0 atom stereocenters. The molecule has 5 nitrogen and oxygen atoms in total. The number of anilines is 1. The second-order valence-corrected chi connectivity index (χ2v) is 4.01. The number of hydrogen-bond acceptors (Lipinski definition) is 3. The fourth-order valence-electron chi connectivity index (χ4n) is 1.60. The molecule has 0 aliphatic rings. The number of nitrogen functional groups attached to an aromatic ring is 1. The molecule has 0 heterocycles. The number of carbonyl (C=O) groups is 2. The maximum Gasteiger partial charge on any atom is 0.254 e. The molecule has 1 aromatic rings. The van der Waals surface area contributed by atoms with Crippen LogP contribution >= 0.6 is 0 Å². The van der Waals surface area contributed by atoms with E-state index in [1.807, 2.05) is 0 Å². The third-order valence-electron chi connectivity index (χ3n) is 2.62. The van der Waals surface area contributed by atoms with Crippen LogP contribution in [0.3, 0.4) is 0 Å². The van der Waals surface area contributed by atoms with Crippen molar-refractivity contribution in [2.24, 2.45) is 0 Å². The van der Waals surface area contributed by atoms with Gasteiger partial charge in [0.1, 0.15) is 5.82 Å². The van der Waals surface area contributed by atoms with E-state index in [0.29, 0.717) is 13.1 Å². The van der Waals surface area contributed by atoms with Crippen LogP contribution in [0, 0.1) is 5.82 Å². The first-order valence-corrected chi connectivity index (χ1v) is 6.10. The van der Waals surface area contributed by atoms with E-state index in [4.69, 9.17) is 5.73 Å². The van der Waals surface area contributed by atoms with Crippen molar-refractivity contribution in [2.45, 2.75) is 13.8 Å². The Hall–Kier alpha value is -2.11. The van der Waals surface area contributed by atoms with Crippen molar-refractivity contribution >= 4 is 17.5 Å².